The first-order valence-electron chi connectivity index (χ1n) is 0. The van der Waals surface area contributed by atoms with E-state index in [4.69, 9.17) is 0 Å². The van der Waals surface area contributed by atoms with Gasteiger partial charge >= 0.3 is 112 Å². The standard InChI is InChI=1S/Ca.3ClH.K.Mg/h;3*1H;;/q+2;;;;+1;+2/p-3. The monoisotopic (exact) mass is 208 g/mol. The number of halogens is 3. The third-order valence-electron chi connectivity index (χ3n) is 0. The smallest absolute Gasteiger partial charge is 1.00 e. The van der Waals surface area contributed by atoms with Crippen molar-refractivity contribution in [2.75, 3.05) is 0 Å². The molecular weight excluding hydrogens is 210 g/mol. The molecule has 0 aromatic rings. The summed E-state index contributed by atoms with van der Waals surface area (Å²) in [6.07, 6.45) is 0. The van der Waals surface area contributed by atoms with Crippen molar-refractivity contribution in [3.05, 3.63) is 0 Å². The first-order chi connectivity index (χ1) is 0. The van der Waals surface area contributed by atoms with Crippen molar-refractivity contribution in [3.63, 3.8) is 0 Å². The zero-order valence-electron chi connectivity index (χ0n) is 3.55. The van der Waals surface area contributed by atoms with E-state index in [9.17, 15) is 0 Å². The quantitative estimate of drug-likeness (QED) is 0.348. The van der Waals surface area contributed by atoms with Gasteiger partial charge in [0.2, 0.25) is 0 Å². The van der Waals surface area contributed by atoms with Crippen molar-refractivity contribution in [1.29, 1.82) is 0 Å². The molecule has 0 heterocycles. The van der Waals surface area contributed by atoms with Crippen LogP contribution in [0.5, 0.6) is 0 Å². The zero-order chi connectivity index (χ0) is 0. The Kier molecular flexibility index (Phi) is 262. The van der Waals surface area contributed by atoms with Crippen LogP contribution in [0.4, 0.5) is 0 Å². The second kappa shape index (κ2) is 33.8. The van der Waals surface area contributed by atoms with Crippen LogP contribution in [0, 0.1) is 0 Å². The van der Waals surface area contributed by atoms with Crippen molar-refractivity contribution in [3.8, 4) is 0 Å². The summed E-state index contributed by atoms with van der Waals surface area (Å²) >= 11 is 0. The molecule has 0 saturated heterocycles. The summed E-state index contributed by atoms with van der Waals surface area (Å²) in [7, 11) is 0. The number of hydrogen-bond acceptors (Lipinski definition) is 0. The molecule has 0 fully saturated rings. The summed E-state index contributed by atoms with van der Waals surface area (Å²) in [5.41, 5.74) is 0. The number of rotatable bonds is 0. The largest absolute Gasteiger partial charge is 2.00 e. The summed E-state index contributed by atoms with van der Waals surface area (Å²) < 4.78 is 0. The predicted octanol–water partition coefficient (Wildman–Crippen LogP) is -12.7. The molecule has 0 aliphatic carbocycles. The molecule has 0 aliphatic heterocycles. The van der Waals surface area contributed by atoms with Gasteiger partial charge in [-0.05, 0) is 0 Å². The van der Waals surface area contributed by atoms with E-state index in [1.54, 1.807) is 0 Å². The molecule has 0 atom stereocenters. The summed E-state index contributed by atoms with van der Waals surface area (Å²) in [6.45, 7) is 0. The SMILES string of the molecule is [Ca+2].[Cl-].[Cl-].[Cl-].[K+].[Mg+2]. The average Bonchev–Trinajstić information content (AvgIpc) is 0. The van der Waals surface area contributed by atoms with Gasteiger partial charge in [-0.2, -0.15) is 0 Å². The molecule has 24 valence electrons. The van der Waals surface area contributed by atoms with Gasteiger partial charge in [-0.1, -0.05) is 0 Å². The van der Waals surface area contributed by atoms with Crippen molar-refractivity contribution in [2.24, 2.45) is 0 Å². The Labute approximate surface area is 145 Å². The van der Waals surface area contributed by atoms with Gasteiger partial charge in [0.25, 0.3) is 0 Å². The van der Waals surface area contributed by atoms with Gasteiger partial charge in [-0.15, -0.1) is 0 Å². The molecule has 0 N–H and O–H groups in total. The maximum atomic E-state index is 0. The molecule has 0 saturated carbocycles. The first kappa shape index (κ1) is 46.6. The van der Waals surface area contributed by atoms with E-state index >= 15 is 0 Å². The van der Waals surface area contributed by atoms with Crippen molar-refractivity contribution in [1.82, 2.24) is 0 Å². The van der Waals surface area contributed by atoms with E-state index in [0.717, 1.165) is 0 Å². The van der Waals surface area contributed by atoms with Crippen molar-refractivity contribution < 1.29 is 88.6 Å². The first-order valence-corrected chi connectivity index (χ1v) is 0. The van der Waals surface area contributed by atoms with E-state index in [0.29, 0.717) is 0 Å². The summed E-state index contributed by atoms with van der Waals surface area (Å²) in [5, 5.41) is 0. The van der Waals surface area contributed by atoms with Crippen molar-refractivity contribution >= 4 is 60.8 Å². The Morgan fingerprint density at radius 2 is 0.667 bits per heavy atom. The normalized spacial score (nSPS) is 0. The Morgan fingerprint density at radius 1 is 0.667 bits per heavy atom. The van der Waals surface area contributed by atoms with Crippen LogP contribution in [-0.2, 0) is 0 Å². The second-order valence-electron chi connectivity index (χ2n) is 0. The van der Waals surface area contributed by atoms with Crippen LogP contribution >= 0.6 is 0 Å². The molecule has 0 amide bonds. The van der Waals surface area contributed by atoms with Gasteiger partial charge in [0.05, 0.1) is 0 Å². The summed E-state index contributed by atoms with van der Waals surface area (Å²) in [5.74, 6) is 0. The Hall–Kier alpha value is 4.53. The van der Waals surface area contributed by atoms with Gasteiger partial charge < -0.3 is 37.2 Å². The fourth-order valence-electron chi connectivity index (χ4n) is 0. The molecule has 0 bridgehead atoms. The summed E-state index contributed by atoms with van der Waals surface area (Å²) in [6, 6.07) is 0. The maximum Gasteiger partial charge on any atom is 2.00 e. The van der Waals surface area contributed by atoms with Crippen molar-refractivity contribution in [2.45, 2.75) is 0 Å². The van der Waals surface area contributed by atoms with E-state index in [2.05, 4.69) is 0 Å². The zero-order valence-corrected chi connectivity index (χ0v) is 12.6. The van der Waals surface area contributed by atoms with Crippen LogP contribution < -0.4 is 88.6 Å². The molecule has 0 radical (unpaired) electrons. The van der Waals surface area contributed by atoms with Crippen LogP contribution in [0.25, 0.3) is 0 Å². The average molecular weight is 210 g/mol. The molecule has 0 spiro atoms. The van der Waals surface area contributed by atoms with Gasteiger partial charge in [-0.3, -0.25) is 0 Å². The molecule has 6 heteroatoms. The fourth-order valence-corrected chi connectivity index (χ4v) is 0. The Morgan fingerprint density at radius 3 is 0.667 bits per heavy atom. The van der Waals surface area contributed by atoms with E-state index in [1.807, 2.05) is 0 Å². The van der Waals surface area contributed by atoms with Gasteiger partial charge in [0.1, 0.15) is 0 Å². The van der Waals surface area contributed by atoms with Crippen LogP contribution in [0.15, 0.2) is 0 Å². The molecule has 0 aliphatic rings. The molecule has 0 unspecified atom stereocenters. The maximum absolute atomic E-state index is 0. The minimum Gasteiger partial charge on any atom is -1.00 e. The summed E-state index contributed by atoms with van der Waals surface area (Å²) in [4.78, 5) is 0. The van der Waals surface area contributed by atoms with Crippen LogP contribution in [0.1, 0.15) is 0 Å². The predicted molar refractivity (Wildman–Crippen MR) is 11.5 cm³/mol. The minimum atomic E-state index is 0. The second-order valence-corrected chi connectivity index (χ2v) is 0. The minimum absolute atomic E-state index is 0. The molecule has 0 aromatic heterocycles. The molecule has 0 rings (SSSR count). The Bertz CT molecular complexity index is 10.8. The molecule has 6 heavy (non-hydrogen) atoms. The Balaban J connectivity index is 0. The van der Waals surface area contributed by atoms with Crippen LogP contribution in [0.2, 0.25) is 0 Å². The van der Waals surface area contributed by atoms with E-state index < -0.39 is 0 Å². The topological polar surface area (TPSA) is 0 Å². The molecular formula is CaCl3KMg+2. The van der Waals surface area contributed by atoms with Gasteiger partial charge in [0, 0.05) is 0 Å². The van der Waals surface area contributed by atoms with Gasteiger partial charge in [0.15, 0.2) is 0 Å². The third kappa shape index (κ3) is 23.6. The third-order valence-corrected chi connectivity index (χ3v) is 0. The van der Waals surface area contributed by atoms with Gasteiger partial charge in [-0.25, -0.2) is 0 Å². The van der Waals surface area contributed by atoms with Crippen LogP contribution in [-0.4, -0.2) is 60.8 Å². The van der Waals surface area contributed by atoms with Crippen LogP contribution in [0.3, 0.4) is 0 Å². The molecule has 0 nitrogen and oxygen atoms in total. The number of hydrogen-bond donors (Lipinski definition) is 0. The fraction of sp³-hybridized carbons (Fsp3) is 0. The van der Waals surface area contributed by atoms with E-state index in [-0.39, 0.29) is 149 Å². The molecule has 0 aromatic carbocycles. The van der Waals surface area contributed by atoms with E-state index in [1.165, 1.54) is 0 Å².